The van der Waals surface area contributed by atoms with Crippen molar-refractivity contribution < 1.29 is 9.53 Å². The number of carbonyl (C=O) groups is 1. The molecule has 2 fully saturated rings. The van der Waals surface area contributed by atoms with Crippen LogP contribution in [-0.2, 0) is 10.3 Å². The first kappa shape index (κ1) is 19.7. The molecular weight excluding hydrogens is 368 g/mol. The summed E-state index contributed by atoms with van der Waals surface area (Å²) in [5.74, 6) is 1.84. The van der Waals surface area contributed by atoms with Crippen LogP contribution in [0.25, 0.3) is 0 Å². The highest BCUT2D eigenvalue weighted by Gasteiger charge is 2.40. The van der Waals surface area contributed by atoms with Crippen molar-refractivity contribution in [3.63, 3.8) is 0 Å². The minimum atomic E-state index is -0.291. The lowest BCUT2D eigenvalue weighted by Crippen LogP contribution is -2.36. The molecule has 2 aromatic rings. The van der Waals surface area contributed by atoms with Crippen LogP contribution in [0.15, 0.2) is 24.4 Å². The maximum atomic E-state index is 12.1. The van der Waals surface area contributed by atoms with Crippen LogP contribution in [-0.4, -0.2) is 37.7 Å². The van der Waals surface area contributed by atoms with E-state index in [-0.39, 0.29) is 29.2 Å². The second-order valence-electron chi connectivity index (χ2n) is 9.49. The summed E-state index contributed by atoms with van der Waals surface area (Å²) in [5.41, 5.74) is 0.783. The number of hydrogen-bond donors (Lipinski definition) is 2. The number of anilines is 2. The van der Waals surface area contributed by atoms with Crippen molar-refractivity contribution in [3.05, 3.63) is 30.1 Å². The van der Waals surface area contributed by atoms with Crippen LogP contribution in [0.1, 0.15) is 71.4 Å². The highest BCUT2D eigenvalue weighted by Crippen LogP contribution is 2.38. The molecule has 2 atom stereocenters. The van der Waals surface area contributed by atoms with Crippen LogP contribution in [0, 0.1) is 0 Å². The molecule has 8 nitrogen and oxygen atoms in total. The van der Waals surface area contributed by atoms with E-state index in [1.807, 2.05) is 16.8 Å². The summed E-state index contributed by atoms with van der Waals surface area (Å²) in [6.45, 7) is 8.41. The summed E-state index contributed by atoms with van der Waals surface area (Å²) in [6, 6.07) is 5.81. The van der Waals surface area contributed by atoms with Gasteiger partial charge in [-0.05, 0) is 71.9 Å². The van der Waals surface area contributed by atoms with Crippen molar-refractivity contribution in [1.82, 2.24) is 25.3 Å². The lowest BCUT2D eigenvalue weighted by molar-refractivity contribution is 0.0967. The van der Waals surface area contributed by atoms with Crippen molar-refractivity contribution >= 4 is 17.7 Å². The molecule has 2 aromatic heterocycles. The molecule has 2 aliphatic rings. The molecule has 4 rings (SSSR count). The van der Waals surface area contributed by atoms with Crippen LogP contribution >= 0.6 is 0 Å². The Morgan fingerprint density at radius 1 is 1.31 bits per heavy atom. The highest BCUT2D eigenvalue weighted by atomic mass is 16.6. The Balaban J connectivity index is 1.45. The summed E-state index contributed by atoms with van der Waals surface area (Å²) in [7, 11) is 0. The fourth-order valence-corrected chi connectivity index (χ4v) is 3.75. The van der Waals surface area contributed by atoms with E-state index in [2.05, 4.69) is 54.6 Å². The fourth-order valence-electron chi connectivity index (χ4n) is 3.75. The Labute approximate surface area is 171 Å². The average molecular weight is 399 g/mol. The number of aromatic nitrogens is 4. The van der Waals surface area contributed by atoms with Gasteiger partial charge in [-0.2, -0.15) is 10.2 Å². The van der Waals surface area contributed by atoms with Gasteiger partial charge in [-0.25, -0.2) is 9.48 Å². The highest BCUT2D eigenvalue weighted by molar-refractivity contribution is 5.69. The maximum Gasteiger partial charge on any atom is 0.407 e. The Bertz CT molecular complexity index is 869. The van der Waals surface area contributed by atoms with Crippen LogP contribution in [0.3, 0.4) is 0 Å². The molecule has 2 aliphatic carbocycles. The van der Waals surface area contributed by atoms with Gasteiger partial charge in [-0.3, -0.25) is 0 Å². The molecular formula is C21H30N6O2. The zero-order chi connectivity index (χ0) is 20.6. The quantitative estimate of drug-likeness (QED) is 0.788. The minimum Gasteiger partial charge on any atom is -0.446 e. The Kier molecular flexibility index (Phi) is 4.96. The topological polar surface area (TPSA) is 94.0 Å². The van der Waals surface area contributed by atoms with Crippen molar-refractivity contribution in [2.24, 2.45) is 0 Å². The number of alkyl carbamates (subject to hydrolysis) is 1. The number of amides is 1. The van der Waals surface area contributed by atoms with Crippen LogP contribution in [0.4, 0.5) is 16.4 Å². The van der Waals surface area contributed by atoms with Gasteiger partial charge in [0.25, 0.3) is 0 Å². The Morgan fingerprint density at radius 2 is 2.10 bits per heavy atom. The molecule has 0 aliphatic heterocycles. The van der Waals surface area contributed by atoms with E-state index in [9.17, 15) is 4.79 Å². The molecule has 156 valence electrons. The zero-order valence-electron chi connectivity index (χ0n) is 17.6. The standard InChI is InChI=1S/C21H30N6O2/c1-20(2,3)27-18(23-17-6-5-11-22-25-17)13-16(26-27)14-7-8-15(12-14)29-19(28)24-21(4)9-10-21/h5-6,11,13-15H,7-10,12H2,1-4H3,(H,23,25)(H,24,28)/t14-,15+/m0/s1. The number of rotatable bonds is 5. The lowest BCUT2D eigenvalue weighted by Gasteiger charge is -2.22. The molecule has 0 aromatic carbocycles. The third-order valence-electron chi connectivity index (χ3n) is 5.67. The van der Waals surface area contributed by atoms with Gasteiger partial charge < -0.3 is 15.4 Å². The molecule has 0 bridgehead atoms. The predicted molar refractivity (Wildman–Crippen MR) is 110 cm³/mol. The van der Waals surface area contributed by atoms with Gasteiger partial charge >= 0.3 is 6.09 Å². The number of ether oxygens (including phenoxy) is 1. The van der Waals surface area contributed by atoms with Gasteiger partial charge in [0.05, 0.1) is 11.2 Å². The number of nitrogens with one attached hydrogen (secondary N) is 2. The summed E-state index contributed by atoms with van der Waals surface area (Å²) < 4.78 is 7.65. The fraction of sp³-hybridized carbons (Fsp3) is 0.619. The van der Waals surface area contributed by atoms with Crippen molar-refractivity contribution in [2.45, 2.75) is 82.9 Å². The first-order chi connectivity index (χ1) is 13.7. The van der Waals surface area contributed by atoms with Gasteiger partial charge in [0, 0.05) is 23.7 Å². The van der Waals surface area contributed by atoms with E-state index in [1.165, 1.54) is 0 Å². The van der Waals surface area contributed by atoms with Crippen molar-refractivity contribution in [2.75, 3.05) is 5.32 Å². The van der Waals surface area contributed by atoms with Crippen LogP contribution in [0.2, 0.25) is 0 Å². The molecule has 0 saturated heterocycles. The molecule has 1 amide bonds. The molecule has 2 saturated carbocycles. The lowest BCUT2D eigenvalue weighted by atomic mass is 10.0. The number of nitrogens with zero attached hydrogens (tertiary/aromatic N) is 4. The third-order valence-corrected chi connectivity index (χ3v) is 5.67. The second-order valence-corrected chi connectivity index (χ2v) is 9.49. The molecule has 29 heavy (non-hydrogen) atoms. The molecule has 8 heteroatoms. The van der Waals surface area contributed by atoms with E-state index in [4.69, 9.17) is 9.84 Å². The third kappa shape index (κ3) is 4.68. The summed E-state index contributed by atoms with van der Waals surface area (Å²) >= 11 is 0. The van der Waals surface area contributed by atoms with Gasteiger partial charge in [-0.15, -0.1) is 5.10 Å². The normalized spacial score (nSPS) is 22.9. The first-order valence-electron chi connectivity index (χ1n) is 10.4. The monoisotopic (exact) mass is 398 g/mol. The predicted octanol–water partition coefficient (Wildman–Crippen LogP) is 4.09. The van der Waals surface area contributed by atoms with Crippen molar-refractivity contribution in [3.8, 4) is 0 Å². The Hall–Kier alpha value is -2.64. The van der Waals surface area contributed by atoms with E-state index in [0.29, 0.717) is 5.82 Å². The molecule has 0 unspecified atom stereocenters. The molecule has 0 radical (unpaired) electrons. The smallest absolute Gasteiger partial charge is 0.407 e. The summed E-state index contributed by atoms with van der Waals surface area (Å²) in [5, 5.41) is 19.2. The SMILES string of the molecule is CC1(NC(=O)O[C@@H]2CC[C@H](c3cc(Nc4cccnn4)n(C(C)(C)C)n3)C2)CC1. The average Bonchev–Trinajstić information content (AvgIpc) is 3.05. The Morgan fingerprint density at radius 3 is 2.76 bits per heavy atom. The largest absolute Gasteiger partial charge is 0.446 e. The number of hydrogen-bond acceptors (Lipinski definition) is 6. The minimum absolute atomic E-state index is 0.0541. The van der Waals surface area contributed by atoms with E-state index in [0.717, 1.165) is 43.6 Å². The van der Waals surface area contributed by atoms with Gasteiger partial charge in [0.2, 0.25) is 0 Å². The van der Waals surface area contributed by atoms with Crippen LogP contribution in [0.5, 0.6) is 0 Å². The van der Waals surface area contributed by atoms with Crippen molar-refractivity contribution in [1.29, 1.82) is 0 Å². The summed E-state index contributed by atoms with van der Waals surface area (Å²) in [6.07, 6.45) is 5.98. The zero-order valence-corrected chi connectivity index (χ0v) is 17.6. The van der Waals surface area contributed by atoms with E-state index in [1.54, 1.807) is 6.20 Å². The second kappa shape index (κ2) is 7.31. The van der Waals surface area contributed by atoms with Gasteiger partial charge in [-0.1, -0.05) is 0 Å². The molecule has 2 heterocycles. The van der Waals surface area contributed by atoms with Crippen LogP contribution < -0.4 is 10.6 Å². The molecule has 2 N–H and O–H groups in total. The van der Waals surface area contributed by atoms with E-state index < -0.39 is 0 Å². The van der Waals surface area contributed by atoms with Gasteiger partial charge in [0.15, 0.2) is 5.82 Å². The summed E-state index contributed by atoms with van der Waals surface area (Å²) in [4.78, 5) is 12.1. The van der Waals surface area contributed by atoms with Gasteiger partial charge in [0.1, 0.15) is 11.9 Å². The number of carbonyl (C=O) groups excluding carboxylic acids is 1. The van der Waals surface area contributed by atoms with E-state index >= 15 is 0 Å². The first-order valence-corrected chi connectivity index (χ1v) is 10.4. The molecule has 0 spiro atoms. The maximum absolute atomic E-state index is 12.1.